The molecular formula is C27H24N2O. The molecular weight excluding hydrogens is 368 g/mol. The minimum atomic E-state index is -0.932. The van der Waals surface area contributed by atoms with E-state index in [9.17, 15) is 4.79 Å². The van der Waals surface area contributed by atoms with Crippen molar-refractivity contribution in [2.75, 3.05) is 6.54 Å². The van der Waals surface area contributed by atoms with Crippen LogP contribution in [0.5, 0.6) is 0 Å². The molecule has 1 aromatic heterocycles. The zero-order valence-electron chi connectivity index (χ0n) is 16.7. The fraction of sp³-hybridized carbons (Fsp3) is 0.111. The number of benzene rings is 3. The Hall–Kier alpha value is -3.72. The summed E-state index contributed by atoms with van der Waals surface area (Å²) in [4.78, 5) is 18.1. The maximum absolute atomic E-state index is 13.9. The third-order valence-electron chi connectivity index (χ3n) is 5.38. The largest absolute Gasteiger partial charge is 0.354 e. The van der Waals surface area contributed by atoms with Crippen LogP contribution < -0.4 is 5.32 Å². The molecule has 4 aromatic rings. The summed E-state index contributed by atoms with van der Waals surface area (Å²) in [6.45, 7) is 0.540. The van der Waals surface area contributed by atoms with Crippen LogP contribution in [0.3, 0.4) is 0 Å². The Balaban J connectivity index is 1.77. The van der Waals surface area contributed by atoms with Gasteiger partial charge in [-0.3, -0.25) is 9.78 Å². The Morgan fingerprint density at radius 3 is 1.63 bits per heavy atom. The minimum absolute atomic E-state index is 0.0324. The van der Waals surface area contributed by atoms with Gasteiger partial charge in [-0.15, -0.1) is 0 Å². The maximum atomic E-state index is 13.9. The Labute approximate surface area is 177 Å². The average molecular weight is 393 g/mol. The van der Waals surface area contributed by atoms with E-state index >= 15 is 0 Å². The third-order valence-corrected chi connectivity index (χ3v) is 5.38. The topological polar surface area (TPSA) is 42.0 Å². The zero-order chi connectivity index (χ0) is 20.7. The highest BCUT2D eigenvalue weighted by Crippen LogP contribution is 2.39. The van der Waals surface area contributed by atoms with Gasteiger partial charge in [0.15, 0.2) is 0 Å². The molecule has 0 fully saturated rings. The standard InChI is InChI=1S/C27H24N2O/c30-26(29-20-18-22-11-10-19-28-21-22)27(23-12-4-1-5-13-23,24-14-6-2-7-15-24)25-16-8-3-9-17-25/h1-17,19,21H,18,20H2,(H,29,30). The Bertz CT molecular complexity index is 968. The Morgan fingerprint density at radius 1 is 0.700 bits per heavy atom. The molecule has 0 atom stereocenters. The number of carbonyl (C=O) groups excluding carboxylic acids is 1. The van der Waals surface area contributed by atoms with Gasteiger partial charge in [0, 0.05) is 18.9 Å². The number of carbonyl (C=O) groups is 1. The molecule has 0 aliphatic rings. The first kappa shape index (κ1) is 19.6. The molecule has 0 spiro atoms. The number of amides is 1. The number of nitrogens with one attached hydrogen (secondary N) is 1. The summed E-state index contributed by atoms with van der Waals surface area (Å²) in [5, 5.41) is 3.20. The first-order valence-electron chi connectivity index (χ1n) is 10.2. The van der Waals surface area contributed by atoms with Crippen LogP contribution in [-0.4, -0.2) is 17.4 Å². The van der Waals surface area contributed by atoms with Crippen LogP contribution in [0.4, 0.5) is 0 Å². The van der Waals surface area contributed by atoms with Gasteiger partial charge in [0.2, 0.25) is 5.91 Å². The van der Waals surface area contributed by atoms with Gasteiger partial charge in [-0.1, -0.05) is 97.1 Å². The van der Waals surface area contributed by atoms with E-state index in [0.717, 1.165) is 28.7 Å². The summed E-state index contributed by atoms with van der Waals surface area (Å²) in [5.74, 6) is -0.0324. The highest BCUT2D eigenvalue weighted by molar-refractivity contribution is 5.96. The average Bonchev–Trinajstić information content (AvgIpc) is 2.82. The normalized spacial score (nSPS) is 11.1. The van der Waals surface area contributed by atoms with Gasteiger partial charge in [0.05, 0.1) is 0 Å². The summed E-state index contributed by atoms with van der Waals surface area (Å²) < 4.78 is 0. The van der Waals surface area contributed by atoms with Crippen LogP contribution in [-0.2, 0) is 16.6 Å². The maximum Gasteiger partial charge on any atom is 0.239 e. The molecule has 0 unspecified atom stereocenters. The minimum Gasteiger partial charge on any atom is -0.354 e. The second-order valence-electron chi connectivity index (χ2n) is 7.22. The molecule has 0 saturated heterocycles. The van der Waals surface area contributed by atoms with Gasteiger partial charge in [-0.2, -0.15) is 0 Å². The predicted molar refractivity (Wildman–Crippen MR) is 120 cm³/mol. The van der Waals surface area contributed by atoms with Crippen LogP contribution >= 0.6 is 0 Å². The van der Waals surface area contributed by atoms with Gasteiger partial charge >= 0.3 is 0 Å². The number of rotatable bonds is 7. The number of aromatic nitrogens is 1. The van der Waals surface area contributed by atoms with Crippen molar-refractivity contribution in [1.82, 2.24) is 10.3 Å². The number of hydrogen-bond acceptors (Lipinski definition) is 2. The first-order chi connectivity index (χ1) is 14.8. The van der Waals surface area contributed by atoms with Gasteiger partial charge in [0.25, 0.3) is 0 Å². The van der Waals surface area contributed by atoms with E-state index in [1.54, 1.807) is 6.20 Å². The van der Waals surface area contributed by atoms with Crippen LogP contribution in [0, 0.1) is 0 Å². The SMILES string of the molecule is O=C(NCCc1cccnc1)C(c1ccccc1)(c1ccccc1)c1ccccc1. The van der Waals surface area contributed by atoms with Gasteiger partial charge in [-0.25, -0.2) is 0 Å². The molecule has 0 aliphatic carbocycles. The first-order valence-corrected chi connectivity index (χ1v) is 10.2. The van der Waals surface area contributed by atoms with Crippen LogP contribution in [0.1, 0.15) is 22.3 Å². The van der Waals surface area contributed by atoms with Crippen molar-refractivity contribution in [1.29, 1.82) is 0 Å². The summed E-state index contributed by atoms with van der Waals surface area (Å²) in [5.41, 5.74) is 3.00. The molecule has 4 rings (SSSR count). The lowest BCUT2D eigenvalue weighted by Crippen LogP contribution is -2.46. The molecule has 0 saturated carbocycles. The van der Waals surface area contributed by atoms with Crippen molar-refractivity contribution in [3.8, 4) is 0 Å². The molecule has 3 heteroatoms. The van der Waals surface area contributed by atoms with E-state index in [1.807, 2.05) is 109 Å². The lowest BCUT2D eigenvalue weighted by Gasteiger charge is -2.34. The fourth-order valence-electron chi connectivity index (χ4n) is 3.96. The molecule has 3 nitrogen and oxygen atoms in total. The predicted octanol–water partition coefficient (Wildman–Crippen LogP) is 4.77. The highest BCUT2D eigenvalue weighted by Gasteiger charge is 2.43. The molecule has 0 aliphatic heterocycles. The van der Waals surface area contributed by atoms with Crippen molar-refractivity contribution < 1.29 is 4.79 Å². The summed E-state index contributed by atoms with van der Waals surface area (Å²) in [6, 6.07) is 34.0. The van der Waals surface area contributed by atoms with Crippen molar-refractivity contribution in [3.63, 3.8) is 0 Å². The van der Waals surface area contributed by atoms with Crippen molar-refractivity contribution >= 4 is 5.91 Å². The summed E-state index contributed by atoms with van der Waals surface area (Å²) in [7, 11) is 0. The molecule has 3 aromatic carbocycles. The van der Waals surface area contributed by atoms with Gasteiger partial charge in [-0.05, 0) is 34.7 Å². The number of hydrogen-bond donors (Lipinski definition) is 1. The molecule has 30 heavy (non-hydrogen) atoms. The van der Waals surface area contributed by atoms with Crippen molar-refractivity contribution in [2.45, 2.75) is 11.8 Å². The second-order valence-corrected chi connectivity index (χ2v) is 7.22. The number of pyridine rings is 1. The Morgan fingerprint density at radius 2 is 1.20 bits per heavy atom. The summed E-state index contributed by atoms with van der Waals surface area (Å²) >= 11 is 0. The lowest BCUT2D eigenvalue weighted by atomic mass is 9.68. The molecule has 1 N–H and O–H groups in total. The van der Waals surface area contributed by atoms with E-state index < -0.39 is 5.41 Å². The summed E-state index contributed by atoms with van der Waals surface area (Å²) in [6.07, 6.45) is 4.33. The van der Waals surface area contributed by atoms with E-state index in [1.165, 1.54) is 0 Å². The third kappa shape index (κ3) is 3.87. The molecule has 0 bridgehead atoms. The van der Waals surface area contributed by atoms with Crippen LogP contribution in [0.15, 0.2) is 116 Å². The van der Waals surface area contributed by atoms with E-state index in [2.05, 4.69) is 10.3 Å². The molecule has 1 heterocycles. The molecule has 148 valence electrons. The Kier molecular flexibility index (Phi) is 6.00. The van der Waals surface area contributed by atoms with Crippen molar-refractivity contribution in [3.05, 3.63) is 138 Å². The van der Waals surface area contributed by atoms with E-state index in [-0.39, 0.29) is 5.91 Å². The molecule has 0 radical (unpaired) electrons. The quantitative estimate of drug-likeness (QED) is 0.460. The van der Waals surface area contributed by atoms with Crippen molar-refractivity contribution in [2.24, 2.45) is 0 Å². The van der Waals surface area contributed by atoms with E-state index in [4.69, 9.17) is 0 Å². The van der Waals surface area contributed by atoms with Crippen LogP contribution in [0.25, 0.3) is 0 Å². The van der Waals surface area contributed by atoms with E-state index in [0.29, 0.717) is 6.54 Å². The monoisotopic (exact) mass is 392 g/mol. The zero-order valence-corrected chi connectivity index (χ0v) is 16.7. The van der Waals surface area contributed by atoms with Crippen LogP contribution in [0.2, 0.25) is 0 Å². The molecule has 1 amide bonds. The lowest BCUT2D eigenvalue weighted by molar-refractivity contribution is -0.124. The fourth-order valence-corrected chi connectivity index (χ4v) is 3.96. The smallest absolute Gasteiger partial charge is 0.239 e. The number of nitrogens with zero attached hydrogens (tertiary/aromatic N) is 1. The van der Waals surface area contributed by atoms with Gasteiger partial charge < -0.3 is 5.32 Å². The van der Waals surface area contributed by atoms with Gasteiger partial charge in [0.1, 0.15) is 5.41 Å². The second kappa shape index (κ2) is 9.19. The highest BCUT2D eigenvalue weighted by atomic mass is 16.2.